The first-order valence-corrected chi connectivity index (χ1v) is 11.4. The van der Waals surface area contributed by atoms with Crippen LogP contribution in [-0.2, 0) is 4.74 Å². The lowest BCUT2D eigenvalue weighted by molar-refractivity contribution is 0.0206. The van der Waals surface area contributed by atoms with E-state index in [1.54, 1.807) is 0 Å². The predicted octanol–water partition coefficient (Wildman–Crippen LogP) is 5.87. The van der Waals surface area contributed by atoms with Crippen molar-refractivity contribution in [2.45, 2.75) is 6.04 Å². The van der Waals surface area contributed by atoms with Crippen molar-refractivity contribution in [2.24, 2.45) is 0 Å². The Labute approximate surface area is 195 Å². The van der Waals surface area contributed by atoms with Gasteiger partial charge in [-0.2, -0.15) is 0 Å². The molecular formula is C26H23BrN2O3. The molecule has 1 saturated heterocycles. The SMILES string of the molecule is O=C(Nc1c(C(c2ccc(Br)cc2)N2CCOCC2)oc2ccccc12)c1ccccc1. The maximum absolute atomic E-state index is 13.1. The lowest BCUT2D eigenvalue weighted by Crippen LogP contribution is -2.39. The highest BCUT2D eigenvalue weighted by Crippen LogP contribution is 2.41. The fourth-order valence-corrected chi connectivity index (χ4v) is 4.43. The molecule has 1 unspecified atom stereocenters. The second kappa shape index (κ2) is 9.28. The summed E-state index contributed by atoms with van der Waals surface area (Å²) in [5, 5.41) is 4.04. The first kappa shape index (κ1) is 20.9. The Balaban J connectivity index is 1.63. The minimum atomic E-state index is -0.157. The molecule has 1 aliphatic heterocycles. The number of carbonyl (C=O) groups is 1. The fourth-order valence-electron chi connectivity index (χ4n) is 4.17. The molecule has 1 N–H and O–H groups in total. The van der Waals surface area contributed by atoms with E-state index in [2.05, 4.69) is 38.3 Å². The van der Waals surface area contributed by atoms with Crippen LogP contribution < -0.4 is 5.32 Å². The molecule has 3 aromatic carbocycles. The van der Waals surface area contributed by atoms with E-state index in [1.807, 2.05) is 66.7 Å². The number of amides is 1. The maximum Gasteiger partial charge on any atom is 0.255 e. The topological polar surface area (TPSA) is 54.7 Å². The van der Waals surface area contributed by atoms with Gasteiger partial charge in [-0.3, -0.25) is 9.69 Å². The number of nitrogens with zero attached hydrogens (tertiary/aromatic N) is 1. The quantitative estimate of drug-likeness (QED) is 0.380. The summed E-state index contributed by atoms with van der Waals surface area (Å²) in [6.45, 7) is 2.89. The first-order chi connectivity index (χ1) is 15.7. The molecule has 0 spiro atoms. The number of hydrogen-bond donors (Lipinski definition) is 1. The molecule has 2 heterocycles. The summed E-state index contributed by atoms with van der Waals surface area (Å²) in [6, 6.07) is 25.2. The summed E-state index contributed by atoms with van der Waals surface area (Å²) < 4.78 is 13.0. The van der Waals surface area contributed by atoms with E-state index in [4.69, 9.17) is 9.15 Å². The highest BCUT2D eigenvalue weighted by Gasteiger charge is 2.31. The molecule has 4 aromatic rings. The zero-order valence-electron chi connectivity index (χ0n) is 17.5. The van der Waals surface area contributed by atoms with Crippen LogP contribution in [-0.4, -0.2) is 37.1 Å². The Kier molecular flexibility index (Phi) is 6.08. The van der Waals surface area contributed by atoms with Gasteiger partial charge in [0, 0.05) is 28.5 Å². The van der Waals surface area contributed by atoms with E-state index in [-0.39, 0.29) is 11.9 Å². The van der Waals surface area contributed by atoms with Gasteiger partial charge in [0.1, 0.15) is 11.3 Å². The molecule has 6 heteroatoms. The minimum Gasteiger partial charge on any atom is -0.457 e. The molecule has 0 radical (unpaired) electrons. The molecule has 0 saturated carbocycles. The molecular weight excluding hydrogens is 468 g/mol. The van der Waals surface area contributed by atoms with Gasteiger partial charge in [-0.15, -0.1) is 0 Å². The molecule has 1 aromatic heterocycles. The van der Waals surface area contributed by atoms with Gasteiger partial charge in [0.15, 0.2) is 0 Å². The zero-order chi connectivity index (χ0) is 21.9. The summed E-state index contributed by atoms with van der Waals surface area (Å²) in [5.74, 6) is 0.578. The Hall–Kier alpha value is -2.93. The second-order valence-electron chi connectivity index (χ2n) is 7.76. The number of anilines is 1. The van der Waals surface area contributed by atoms with Gasteiger partial charge in [0.2, 0.25) is 0 Å². The Morgan fingerprint density at radius 3 is 2.34 bits per heavy atom. The largest absolute Gasteiger partial charge is 0.457 e. The molecule has 5 rings (SSSR count). The molecule has 32 heavy (non-hydrogen) atoms. The van der Waals surface area contributed by atoms with Crippen molar-refractivity contribution < 1.29 is 13.9 Å². The highest BCUT2D eigenvalue weighted by molar-refractivity contribution is 9.10. The minimum absolute atomic E-state index is 0.148. The van der Waals surface area contributed by atoms with Crippen LogP contribution >= 0.6 is 15.9 Å². The normalized spacial score (nSPS) is 15.5. The van der Waals surface area contributed by atoms with Crippen LogP contribution in [0, 0.1) is 0 Å². The van der Waals surface area contributed by atoms with Gasteiger partial charge in [-0.1, -0.05) is 58.4 Å². The fraction of sp³-hybridized carbons (Fsp3) is 0.192. The van der Waals surface area contributed by atoms with Crippen LogP contribution in [0.2, 0.25) is 0 Å². The number of rotatable bonds is 5. The second-order valence-corrected chi connectivity index (χ2v) is 8.68. The lowest BCUT2D eigenvalue weighted by atomic mass is 10.00. The molecule has 1 atom stereocenters. The summed E-state index contributed by atoms with van der Waals surface area (Å²) in [4.78, 5) is 15.4. The van der Waals surface area contributed by atoms with Crippen LogP contribution in [0.5, 0.6) is 0 Å². The number of carbonyl (C=O) groups excluding carboxylic acids is 1. The van der Waals surface area contributed by atoms with Crippen LogP contribution in [0.1, 0.15) is 27.7 Å². The van der Waals surface area contributed by atoms with Crippen molar-refractivity contribution >= 4 is 38.5 Å². The van der Waals surface area contributed by atoms with Gasteiger partial charge in [-0.05, 0) is 42.0 Å². The van der Waals surface area contributed by atoms with E-state index in [9.17, 15) is 4.79 Å². The van der Waals surface area contributed by atoms with Gasteiger partial charge < -0.3 is 14.5 Å². The monoisotopic (exact) mass is 490 g/mol. The number of nitrogens with one attached hydrogen (secondary N) is 1. The summed E-state index contributed by atoms with van der Waals surface area (Å²) >= 11 is 3.53. The van der Waals surface area contributed by atoms with Crippen molar-refractivity contribution in [1.29, 1.82) is 0 Å². The average molecular weight is 491 g/mol. The van der Waals surface area contributed by atoms with E-state index < -0.39 is 0 Å². The van der Waals surface area contributed by atoms with Crippen molar-refractivity contribution in [2.75, 3.05) is 31.6 Å². The molecule has 1 amide bonds. The molecule has 0 bridgehead atoms. The van der Waals surface area contributed by atoms with E-state index in [1.165, 1.54) is 0 Å². The number of morpholine rings is 1. The van der Waals surface area contributed by atoms with Crippen LogP contribution in [0.25, 0.3) is 11.0 Å². The number of benzene rings is 3. The number of hydrogen-bond acceptors (Lipinski definition) is 4. The number of fused-ring (bicyclic) bond motifs is 1. The summed E-state index contributed by atoms with van der Waals surface area (Å²) in [5.41, 5.74) is 3.18. The molecule has 5 nitrogen and oxygen atoms in total. The average Bonchev–Trinajstić information content (AvgIpc) is 3.19. The number of furan rings is 1. The van der Waals surface area contributed by atoms with E-state index >= 15 is 0 Å². The summed E-state index contributed by atoms with van der Waals surface area (Å²) in [6.07, 6.45) is 0. The zero-order valence-corrected chi connectivity index (χ0v) is 19.0. The third-order valence-corrected chi connectivity index (χ3v) is 6.27. The molecule has 1 aliphatic rings. The maximum atomic E-state index is 13.1. The Morgan fingerprint density at radius 1 is 0.906 bits per heavy atom. The van der Waals surface area contributed by atoms with Crippen molar-refractivity contribution in [3.8, 4) is 0 Å². The van der Waals surface area contributed by atoms with Gasteiger partial charge in [0.05, 0.1) is 24.9 Å². The van der Waals surface area contributed by atoms with Crippen LogP contribution in [0.15, 0.2) is 87.8 Å². The number of halogens is 1. The van der Waals surface area contributed by atoms with Crippen LogP contribution in [0.4, 0.5) is 5.69 Å². The summed E-state index contributed by atoms with van der Waals surface area (Å²) in [7, 11) is 0. The van der Waals surface area contributed by atoms with Gasteiger partial charge in [-0.25, -0.2) is 0 Å². The lowest BCUT2D eigenvalue weighted by Gasteiger charge is -2.34. The predicted molar refractivity (Wildman–Crippen MR) is 129 cm³/mol. The Morgan fingerprint density at radius 2 is 1.59 bits per heavy atom. The third kappa shape index (κ3) is 4.21. The van der Waals surface area contributed by atoms with Crippen LogP contribution in [0.3, 0.4) is 0 Å². The van der Waals surface area contributed by atoms with Crippen molar-refractivity contribution in [3.63, 3.8) is 0 Å². The molecule has 1 fully saturated rings. The number of ether oxygens (including phenoxy) is 1. The highest BCUT2D eigenvalue weighted by atomic mass is 79.9. The van der Waals surface area contributed by atoms with Gasteiger partial charge in [0.25, 0.3) is 5.91 Å². The molecule has 0 aliphatic carbocycles. The Bertz CT molecular complexity index is 1220. The van der Waals surface area contributed by atoms with E-state index in [0.717, 1.165) is 39.9 Å². The standard InChI is InChI=1S/C26H23BrN2O3/c27-20-12-10-18(11-13-20)24(29-14-16-31-17-15-29)25-23(21-8-4-5-9-22(21)32-25)28-26(30)19-6-2-1-3-7-19/h1-13,24H,14-17H2,(H,28,30). The number of para-hydroxylation sites is 1. The third-order valence-electron chi connectivity index (χ3n) is 5.74. The van der Waals surface area contributed by atoms with Crippen molar-refractivity contribution in [3.05, 3.63) is 100 Å². The van der Waals surface area contributed by atoms with Gasteiger partial charge >= 0.3 is 0 Å². The first-order valence-electron chi connectivity index (χ1n) is 10.7. The molecule has 162 valence electrons. The smallest absolute Gasteiger partial charge is 0.255 e. The van der Waals surface area contributed by atoms with Crippen molar-refractivity contribution in [1.82, 2.24) is 4.90 Å². The van der Waals surface area contributed by atoms with E-state index in [0.29, 0.717) is 24.5 Å².